The molecule has 1 heterocycles. The normalized spacial score (nSPS) is 23.2. The Hall–Kier alpha value is -0.680. The van der Waals surface area contributed by atoms with Crippen molar-refractivity contribution < 1.29 is 17.9 Å². The predicted octanol–water partition coefficient (Wildman–Crippen LogP) is 1.64. The molecule has 130 valence electrons. The van der Waals surface area contributed by atoms with E-state index in [1.807, 2.05) is 13.8 Å². The van der Waals surface area contributed by atoms with E-state index in [1.165, 1.54) is 17.8 Å². The Kier molecular flexibility index (Phi) is 6.62. The predicted molar refractivity (Wildman–Crippen MR) is 94.8 cm³/mol. The fraction of sp³-hybridized carbons (Fsp3) is 0.462. The Bertz CT molecular complexity index is 714. The largest absolute Gasteiger partial charge is 0.366 e. The van der Waals surface area contributed by atoms with E-state index in [4.69, 9.17) is 5.14 Å². The minimum Gasteiger partial charge on any atom is -0.366 e. The second-order valence-electron chi connectivity index (χ2n) is 4.80. The van der Waals surface area contributed by atoms with Crippen molar-refractivity contribution in [3.8, 4) is 0 Å². The standard InChI is InChI=1S/C13H18FN3O3S2.BrH/c1-3-16-12-17(4-2)13(18,8-21-12)9-5-6-10(14)11(7-9)22(15,19)20;/h5-7,18H,3-4,8H2,1-2H3,(H2,15,19,20);1H. The molecule has 1 aliphatic rings. The molecule has 1 aromatic carbocycles. The third-order valence-electron chi connectivity index (χ3n) is 3.39. The van der Waals surface area contributed by atoms with Crippen LogP contribution < -0.4 is 5.14 Å². The van der Waals surface area contributed by atoms with Crippen LogP contribution in [0.5, 0.6) is 0 Å². The molecule has 0 amide bonds. The second kappa shape index (κ2) is 7.47. The number of aliphatic imine (C=N–C) groups is 1. The quantitative estimate of drug-likeness (QED) is 0.760. The summed E-state index contributed by atoms with van der Waals surface area (Å²) in [5, 5.41) is 16.7. The molecule has 1 aliphatic heterocycles. The van der Waals surface area contributed by atoms with E-state index in [2.05, 4.69) is 4.99 Å². The van der Waals surface area contributed by atoms with Crippen molar-refractivity contribution in [1.29, 1.82) is 0 Å². The molecule has 0 bridgehead atoms. The Labute approximate surface area is 149 Å². The number of rotatable bonds is 4. The van der Waals surface area contributed by atoms with E-state index in [0.717, 1.165) is 12.1 Å². The summed E-state index contributed by atoms with van der Waals surface area (Å²) >= 11 is 1.37. The molecular formula is C13H19BrFN3O3S2. The number of thioether (sulfide) groups is 1. The number of primary sulfonamides is 1. The summed E-state index contributed by atoms with van der Waals surface area (Å²) in [5.41, 5.74) is -1.17. The van der Waals surface area contributed by atoms with E-state index in [1.54, 1.807) is 4.90 Å². The average Bonchev–Trinajstić information content (AvgIpc) is 2.76. The van der Waals surface area contributed by atoms with Gasteiger partial charge in [-0.2, -0.15) is 0 Å². The van der Waals surface area contributed by atoms with Gasteiger partial charge in [0.15, 0.2) is 10.9 Å². The summed E-state index contributed by atoms with van der Waals surface area (Å²) in [6, 6.07) is 3.45. The van der Waals surface area contributed by atoms with Crippen LogP contribution in [0.25, 0.3) is 0 Å². The van der Waals surface area contributed by atoms with Crippen LogP contribution in [0.3, 0.4) is 0 Å². The van der Waals surface area contributed by atoms with Gasteiger partial charge in [-0.1, -0.05) is 17.8 Å². The van der Waals surface area contributed by atoms with Crippen molar-refractivity contribution in [2.75, 3.05) is 18.8 Å². The number of halogens is 2. The first-order valence-corrected chi connectivity index (χ1v) is 9.27. The van der Waals surface area contributed by atoms with Gasteiger partial charge >= 0.3 is 0 Å². The number of amidine groups is 1. The van der Waals surface area contributed by atoms with Gasteiger partial charge in [-0.05, 0) is 26.0 Å². The highest BCUT2D eigenvalue weighted by Crippen LogP contribution is 2.39. The highest BCUT2D eigenvalue weighted by molar-refractivity contribution is 8.93. The highest BCUT2D eigenvalue weighted by atomic mass is 79.9. The van der Waals surface area contributed by atoms with Crippen LogP contribution in [0.4, 0.5) is 4.39 Å². The van der Waals surface area contributed by atoms with Gasteiger partial charge in [0.2, 0.25) is 10.0 Å². The minimum absolute atomic E-state index is 0. The molecule has 6 nitrogen and oxygen atoms in total. The topological polar surface area (TPSA) is 96.0 Å². The second-order valence-corrected chi connectivity index (χ2v) is 7.27. The Morgan fingerprint density at radius 2 is 2.13 bits per heavy atom. The lowest BCUT2D eigenvalue weighted by atomic mass is 10.0. The van der Waals surface area contributed by atoms with Crippen molar-refractivity contribution in [1.82, 2.24) is 4.90 Å². The summed E-state index contributed by atoms with van der Waals surface area (Å²) in [6.07, 6.45) is 0. The molecule has 1 atom stereocenters. The van der Waals surface area contributed by atoms with E-state index in [0.29, 0.717) is 18.3 Å². The van der Waals surface area contributed by atoms with Crippen molar-refractivity contribution in [3.05, 3.63) is 29.6 Å². The first-order chi connectivity index (χ1) is 10.2. The highest BCUT2D eigenvalue weighted by Gasteiger charge is 2.44. The SMILES string of the molecule is Br.CCN=C1SCC(O)(c2ccc(F)c(S(N)(=O)=O)c2)N1CC. The van der Waals surface area contributed by atoms with Crippen LogP contribution in [-0.4, -0.2) is 42.4 Å². The number of hydrogen-bond acceptors (Lipinski definition) is 5. The lowest BCUT2D eigenvalue weighted by molar-refractivity contribution is -0.0455. The van der Waals surface area contributed by atoms with Gasteiger partial charge in [-0.25, -0.2) is 17.9 Å². The summed E-state index contributed by atoms with van der Waals surface area (Å²) in [6.45, 7) is 4.78. The van der Waals surface area contributed by atoms with Crippen LogP contribution in [0.1, 0.15) is 19.4 Å². The zero-order valence-corrected chi connectivity index (χ0v) is 16.0. The van der Waals surface area contributed by atoms with Crippen molar-refractivity contribution in [2.45, 2.75) is 24.5 Å². The Morgan fingerprint density at radius 1 is 1.48 bits per heavy atom. The molecule has 0 aliphatic carbocycles. The van der Waals surface area contributed by atoms with Crippen molar-refractivity contribution in [2.24, 2.45) is 10.1 Å². The van der Waals surface area contributed by atoms with Gasteiger partial charge in [0.25, 0.3) is 0 Å². The average molecular weight is 428 g/mol. The number of benzene rings is 1. The number of nitrogens with zero attached hydrogens (tertiary/aromatic N) is 2. The molecular weight excluding hydrogens is 409 g/mol. The maximum atomic E-state index is 13.7. The van der Waals surface area contributed by atoms with Crippen molar-refractivity contribution >= 4 is 43.9 Å². The van der Waals surface area contributed by atoms with Crippen LogP contribution >= 0.6 is 28.7 Å². The lowest BCUT2D eigenvalue weighted by Gasteiger charge is -2.34. The molecule has 2 rings (SSSR count). The summed E-state index contributed by atoms with van der Waals surface area (Å²) in [7, 11) is -4.20. The van der Waals surface area contributed by atoms with Crippen LogP contribution in [0.15, 0.2) is 28.1 Å². The van der Waals surface area contributed by atoms with Crippen LogP contribution in [0.2, 0.25) is 0 Å². The van der Waals surface area contributed by atoms with Gasteiger partial charge in [0.05, 0.1) is 5.75 Å². The third-order valence-corrected chi connectivity index (χ3v) is 5.47. The molecule has 0 aromatic heterocycles. The molecule has 0 radical (unpaired) electrons. The number of hydrogen-bond donors (Lipinski definition) is 2. The molecule has 1 unspecified atom stereocenters. The molecule has 0 spiro atoms. The number of nitrogens with two attached hydrogens (primary N) is 1. The smallest absolute Gasteiger partial charge is 0.240 e. The van der Waals surface area contributed by atoms with E-state index < -0.39 is 26.5 Å². The molecule has 1 aromatic rings. The van der Waals surface area contributed by atoms with E-state index in [9.17, 15) is 17.9 Å². The molecule has 10 heteroatoms. The van der Waals surface area contributed by atoms with Crippen LogP contribution in [-0.2, 0) is 15.7 Å². The van der Waals surface area contributed by atoms with E-state index in [-0.39, 0.29) is 28.3 Å². The first kappa shape index (κ1) is 20.4. The summed E-state index contributed by atoms with van der Waals surface area (Å²) in [5.74, 6) is -0.666. The zero-order valence-electron chi connectivity index (χ0n) is 12.7. The Balaban J connectivity index is 0.00000264. The molecule has 23 heavy (non-hydrogen) atoms. The first-order valence-electron chi connectivity index (χ1n) is 6.74. The molecule has 3 N–H and O–H groups in total. The summed E-state index contributed by atoms with van der Waals surface area (Å²) < 4.78 is 36.6. The lowest BCUT2D eigenvalue weighted by Crippen LogP contribution is -2.45. The minimum atomic E-state index is -4.20. The molecule has 1 fully saturated rings. The van der Waals surface area contributed by atoms with Gasteiger partial charge < -0.3 is 10.0 Å². The monoisotopic (exact) mass is 427 g/mol. The maximum Gasteiger partial charge on any atom is 0.240 e. The fourth-order valence-electron chi connectivity index (χ4n) is 2.35. The summed E-state index contributed by atoms with van der Waals surface area (Å²) in [4.78, 5) is 5.36. The maximum absolute atomic E-state index is 13.7. The van der Waals surface area contributed by atoms with Gasteiger partial charge in [0, 0.05) is 18.7 Å². The third kappa shape index (κ3) is 3.87. The number of sulfonamides is 1. The Morgan fingerprint density at radius 3 is 2.65 bits per heavy atom. The van der Waals surface area contributed by atoms with E-state index >= 15 is 0 Å². The van der Waals surface area contributed by atoms with Crippen LogP contribution in [0, 0.1) is 5.82 Å². The van der Waals surface area contributed by atoms with Gasteiger partial charge in [-0.3, -0.25) is 4.99 Å². The van der Waals surface area contributed by atoms with Crippen molar-refractivity contribution in [3.63, 3.8) is 0 Å². The number of aliphatic hydroxyl groups is 1. The zero-order chi connectivity index (χ0) is 16.5. The van der Waals surface area contributed by atoms with Gasteiger partial charge in [0.1, 0.15) is 10.7 Å². The molecule has 0 saturated carbocycles. The van der Waals surface area contributed by atoms with Gasteiger partial charge in [-0.15, -0.1) is 17.0 Å². The molecule has 1 saturated heterocycles. The fourth-order valence-corrected chi connectivity index (χ4v) is 4.29.